The summed E-state index contributed by atoms with van der Waals surface area (Å²) in [5.41, 5.74) is 5.71. The number of H-pyrrole nitrogens is 1. The number of aldehydes is 1. The van der Waals surface area contributed by atoms with E-state index in [2.05, 4.69) is 20.2 Å². The largest absolute Gasteiger partial charge is 0.465 e. The molecular formula is C29H33N5O5. The lowest BCUT2D eigenvalue weighted by molar-refractivity contribution is 0.0949. The van der Waals surface area contributed by atoms with Crippen LogP contribution in [0.3, 0.4) is 0 Å². The molecule has 1 aliphatic rings. The molecule has 3 heterocycles. The Morgan fingerprint density at radius 3 is 2.46 bits per heavy atom. The van der Waals surface area contributed by atoms with E-state index in [4.69, 9.17) is 0 Å². The number of rotatable bonds is 7. The monoisotopic (exact) mass is 531 g/mol. The molecule has 0 radical (unpaired) electrons. The Hall–Kier alpha value is -4.47. The van der Waals surface area contributed by atoms with Gasteiger partial charge in [-0.3, -0.25) is 19.4 Å². The van der Waals surface area contributed by atoms with Gasteiger partial charge in [0.2, 0.25) is 0 Å². The van der Waals surface area contributed by atoms with Crippen LogP contribution in [-0.4, -0.2) is 64.4 Å². The van der Waals surface area contributed by atoms with Gasteiger partial charge in [-0.1, -0.05) is 6.07 Å². The smallest absolute Gasteiger partial charge is 0.407 e. The minimum absolute atomic E-state index is 0.0817. The maximum absolute atomic E-state index is 13.5. The number of anilines is 1. The number of nitrogens with one attached hydrogen (secondary N) is 2. The molecule has 2 amide bonds. The molecule has 0 unspecified atom stereocenters. The van der Waals surface area contributed by atoms with Crippen molar-refractivity contribution < 1.29 is 19.5 Å². The summed E-state index contributed by atoms with van der Waals surface area (Å²) in [6.45, 7) is 6.50. The highest BCUT2D eigenvalue weighted by molar-refractivity contribution is 5.99. The van der Waals surface area contributed by atoms with Crippen LogP contribution in [-0.2, 0) is 6.54 Å². The molecular weight excluding hydrogens is 498 g/mol. The number of piperidine rings is 1. The molecule has 0 saturated carbocycles. The van der Waals surface area contributed by atoms with Crippen molar-refractivity contribution in [2.24, 2.45) is 0 Å². The highest BCUT2D eigenvalue weighted by atomic mass is 16.4. The average Bonchev–Trinajstić information content (AvgIpc) is 2.92. The van der Waals surface area contributed by atoms with E-state index < -0.39 is 6.09 Å². The summed E-state index contributed by atoms with van der Waals surface area (Å²) in [5.74, 6) is -0.318. The third-order valence-corrected chi connectivity index (χ3v) is 7.45. The fourth-order valence-corrected chi connectivity index (χ4v) is 5.12. The highest BCUT2D eigenvalue weighted by Gasteiger charge is 2.27. The van der Waals surface area contributed by atoms with Crippen molar-refractivity contribution >= 4 is 24.0 Å². The highest BCUT2D eigenvalue weighted by Crippen LogP contribution is 2.33. The molecule has 1 fully saturated rings. The molecule has 0 bridgehead atoms. The van der Waals surface area contributed by atoms with Crippen molar-refractivity contribution in [3.8, 4) is 11.1 Å². The van der Waals surface area contributed by atoms with E-state index in [1.54, 1.807) is 24.4 Å². The van der Waals surface area contributed by atoms with Gasteiger partial charge >= 0.3 is 6.09 Å². The number of hydrogen-bond acceptors (Lipinski definition) is 6. The van der Waals surface area contributed by atoms with E-state index in [9.17, 15) is 24.3 Å². The molecule has 1 aliphatic heterocycles. The van der Waals surface area contributed by atoms with Crippen molar-refractivity contribution in [3.63, 3.8) is 0 Å². The van der Waals surface area contributed by atoms with E-state index in [0.717, 1.165) is 33.6 Å². The number of aromatic amines is 1. The molecule has 10 heteroatoms. The predicted molar refractivity (Wildman–Crippen MR) is 149 cm³/mol. The predicted octanol–water partition coefficient (Wildman–Crippen LogP) is 3.68. The molecule has 0 atom stereocenters. The fourth-order valence-electron chi connectivity index (χ4n) is 5.12. The van der Waals surface area contributed by atoms with Crippen molar-refractivity contribution in [2.45, 2.75) is 46.2 Å². The Bertz CT molecular complexity index is 1460. The number of hydrogen-bond donors (Lipinski definition) is 3. The fraction of sp³-hybridized carbons (Fsp3) is 0.345. The standard InChI is InChI=1S/C29H33N5O5/c1-17-11-18(2)32-28(37)25(17)15-31-27(36)24-12-21(20-5-6-22(16-35)30-14-20)13-26(19(24)3)33(4)23-7-9-34(10-8-23)29(38)39/h5-6,11-14,16,23H,7-10,15H2,1-4H3,(H,31,36)(H,32,37)(H,38,39). The Morgan fingerprint density at radius 2 is 1.87 bits per heavy atom. The lowest BCUT2D eigenvalue weighted by Crippen LogP contribution is -2.45. The van der Waals surface area contributed by atoms with Crippen LogP contribution in [0.5, 0.6) is 0 Å². The van der Waals surface area contributed by atoms with Gasteiger partial charge in [0, 0.05) is 67.0 Å². The van der Waals surface area contributed by atoms with Gasteiger partial charge in [-0.2, -0.15) is 0 Å². The van der Waals surface area contributed by atoms with Crippen molar-refractivity contribution in [2.75, 3.05) is 25.0 Å². The van der Waals surface area contributed by atoms with Crippen LogP contribution in [0.25, 0.3) is 11.1 Å². The Kier molecular flexibility index (Phi) is 8.13. The molecule has 3 aromatic rings. The van der Waals surface area contributed by atoms with Crippen LogP contribution < -0.4 is 15.8 Å². The molecule has 0 aliphatic carbocycles. The number of benzene rings is 1. The van der Waals surface area contributed by atoms with Crippen molar-refractivity contribution in [1.29, 1.82) is 0 Å². The summed E-state index contributed by atoms with van der Waals surface area (Å²) in [6.07, 6.45) is 2.69. The number of aromatic nitrogens is 2. The van der Waals surface area contributed by atoms with Crippen LogP contribution in [0.1, 0.15) is 56.1 Å². The maximum atomic E-state index is 13.5. The summed E-state index contributed by atoms with van der Waals surface area (Å²) < 4.78 is 0. The third kappa shape index (κ3) is 6.00. The molecule has 1 saturated heterocycles. The summed E-state index contributed by atoms with van der Waals surface area (Å²) in [5, 5.41) is 12.2. The maximum Gasteiger partial charge on any atom is 0.407 e. The minimum Gasteiger partial charge on any atom is -0.465 e. The molecule has 204 valence electrons. The van der Waals surface area contributed by atoms with Crippen molar-refractivity contribution in [1.82, 2.24) is 20.2 Å². The lowest BCUT2D eigenvalue weighted by Gasteiger charge is -2.37. The second kappa shape index (κ2) is 11.5. The van der Waals surface area contributed by atoms with Gasteiger partial charge in [0.1, 0.15) is 5.69 Å². The quantitative estimate of drug-likeness (QED) is 0.396. The van der Waals surface area contributed by atoms with E-state index in [0.29, 0.717) is 49.0 Å². The number of likely N-dealkylation sites (tertiary alicyclic amines) is 1. The molecule has 3 N–H and O–H groups in total. The van der Waals surface area contributed by atoms with Crippen LogP contribution in [0, 0.1) is 20.8 Å². The second-order valence-corrected chi connectivity index (χ2v) is 9.99. The van der Waals surface area contributed by atoms with Gasteiger partial charge in [-0.25, -0.2) is 4.79 Å². The molecule has 39 heavy (non-hydrogen) atoms. The number of nitrogens with zero attached hydrogens (tertiary/aromatic N) is 3. The first kappa shape index (κ1) is 27.6. The van der Waals surface area contributed by atoms with Crippen LogP contribution in [0.2, 0.25) is 0 Å². The van der Waals surface area contributed by atoms with Gasteiger partial charge in [-0.05, 0) is 74.6 Å². The topological polar surface area (TPSA) is 136 Å². The zero-order chi connectivity index (χ0) is 28.3. The lowest BCUT2D eigenvalue weighted by atomic mass is 9.95. The molecule has 10 nitrogen and oxygen atoms in total. The van der Waals surface area contributed by atoms with E-state index >= 15 is 0 Å². The zero-order valence-corrected chi connectivity index (χ0v) is 22.6. The van der Waals surface area contributed by atoms with Crippen LogP contribution in [0.15, 0.2) is 41.3 Å². The third-order valence-electron chi connectivity index (χ3n) is 7.45. The first-order valence-corrected chi connectivity index (χ1v) is 12.8. The van der Waals surface area contributed by atoms with E-state index in [1.165, 1.54) is 4.90 Å². The average molecular weight is 532 g/mol. The van der Waals surface area contributed by atoms with Gasteiger partial charge < -0.3 is 25.2 Å². The normalized spacial score (nSPS) is 13.7. The Labute approximate surface area is 226 Å². The van der Waals surface area contributed by atoms with E-state index in [1.807, 2.05) is 40.0 Å². The molecule has 2 aromatic heterocycles. The summed E-state index contributed by atoms with van der Waals surface area (Å²) >= 11 is 0. The Morgan fingerprint density at radius 1 is 1.15 bits per heavy atom. The number of pyridine rings is 2. The van der Waals surface area contributed by atoms with Gasteiger partial charge in [0.05, 0.1) is 0 Å². The molecule has 0 spiro atoms. The number of carbonyl (C=O) groups is 3. The SMILES string of the molecule is Cc1cc(C)c(CNC(=O)c2cc(-c3ccc(C=O)nc3)cc(N(C)C3CCN(C(=O)O)CC3)c2C)c(=O)[nH]1. The summed E-state index contributed by atoms with van der Waals surface area (Å²) in [7, 11) is 1.96. The van der Waals surface area contributed by atoms with Crippen molar-refractivity contribution in [3.05, 3.63) is 80.5 Å². The summed E-state index contributed by atoms with van der Waals surface area (Å²) in [4.78, 5) is 58.9. The van der Waals surface area contributed by atoms with Crippen LogP contribution in [0.4, 0.5) is 10.5 Å². The number of carbonyl (C=O) groups excluding carboxylic acids is 2. The van der Waals surface area contributed by atoms with Gasteiger partial charge in [0.15, 0.2) is 6.29 Å². The number of aryl methyl sites for hydroxylation is 2. The first-order chi connectivity index (χ1) is 18.6. The van der Waals surface area contributed by atoms with Gasteiger partial charge in [-0.15, -0.1) is 0 Å². The van der Waals surface area contributed by atoms with Gasteiger partial charge in [0.25, 0.3) is 11.5 Å². The molecule has 1 aromatic carbocycles. The number of carboxylic acid groups (broad SMARTS) is 1. The first-order valence-electron chi connectivity index (χ1n) is 12.8. The minimum atomic E-state index is -0.915. The van der Waals surface area contributed by atoms with Crippen LogP contribution >= 0.6 is 0 Å². The molecule has 4 rings (SSSR count). The Balaban J connectivity index is 1.68. The zero-order valence-electron chi connectivity index (χ0n) is 22.6. The second-order valence-electron chi connectivity index (χ2n) is 9.99. The summed E-state index contributed by atoms with van der Waals surface area (Å²) in [6, 6.07) is 9.15. The van der Waals surface area contributed by atoms with E-state index in [-0.39, 0.29) is 24.1 Å². The number of amides is 2.